The van der Waals surface area contributed by atoms with Crippen molar-refractivity contribution in [1.82, 2.24) is 5.32 Å². The van der Waals surface area contributed by atoms with Crippen LogP contribution in [-0.2, 0) is 4.79 Å². The van der Waals surface area contributed by atoms with Crippen molar-refractivity contribution in [3.8, 4) is 0 Å². The zero-order valence-electron chi connectivity index (χ0n) is 13.8. The van der Waals surface area contributed by atoms with Crippen LogP contribution in [0.15, 0.2) is 24.3 Å². The van der Waals surface area contributed by atoms with Crippen LogP contribution in [0.4, 0.5) is 5.69 Å². The molecule has 130 valence electrons. The van der Waals surface area contributed by atoms with E-state index in [1.807, 2.05) is 33.7 Å². The SMILES string of the molecule is O=C(CCCCC1CCSS1)Nc1cccc(C(=O)NC2CC2)c1. The molecule has 1 aromatic rings. The summed E-state index contributed by atoms with van der Waals surface area (Å²) in [6, 6.07) is 7.52. The number of nitrogens with one attached hydrogen (secondary N) is 2. The number of carbonyl (C=O) groups is 2. The van der Waals surface area contributed by atoms with Gasteiger partial charge in [0.1, 0.15) is 0 Å². The smallest absolute Gasteiger partial charge is 0.251 e. The van der Waals surface area contributed by atoms with Crippen LogP contribution in [0, 0.1) is 0 Å². The largest absolute Gasteiger partial charge is 0.349 e. The fraction of sp³-hybridized carbons (Fsp3) is 0.556. The molecule has 0 spiro atoms. The highest BCUT2D eigenvalue weighted by molar-refractivity contribution is 8.77. The van der Waals surface area contributed by atoms with Crippen LogP contribution in [-0.4, -0.2) is 28.9 Å². The summed E-state index contributed by atoms with van der Waals surface area (Å²) < 4.78 is 0. The van der Waals surface area contributed by atoms with E-state index in [9.17, 15) is 9.59 Å². The molecule has 0 radical (unpaired) electrons. The summed E-state index contributed by atoms with van der Waals surface area (Å²) in [5, 5.41) is 6.65. The van der Waals surface area contributed by atoms with Gasteiger partial charge in [-0.2, -0.15) is 0 Å². The van der Waals surface area contributed by atoms with Crippen molar-refractivity contribution in [2.24, 2.45) is 0 Å². The normalized spacial score (nSPS) is 19.9. The van der Waals surface area contributed by atoms with Gasteiger partial charge in [0.05, 0.1) is 0 Å². The molecule has 2 fully saturated rings. The quantitative estimate of drug-likeness (QED) is 0.535. The van der Waals surface area contributed by atoms with E-state index in [1.165, 1.54) is 18.6 Å². The predicted molar refractivity (Wildman–Crippen MR) is 102 cm³/mol. The topological polar surface area (TPSA) is 58.2 Å². The minimum absolute atomic E-state index is 0.0307. The van der Waals surface area contributed by atoms with Crippen LogP contribution in [0.2, 0.25) is 0 Å². The van der Waals surface area contributed by atoms with E-state index >= 15 is 0 Å². The van der Waals surface area contributed by atoms with Crippen LogP contribution >= 0.6 is 21.6 Å². The number of anilines is 1. The average Bonchev–Trinajstić information content (AvgIpc) is 3.23. The molecule has 2 amide bonds. The Kier molecular flexibility index (Phi) is 6.49. The summed E-state index contributed by atoms with van der Waals surface area (Å²) in [5.74, 6) is 1.24. The number of hydrogen-bond donors (Lipinski definition) is 2. The maximum Gasteiger partial charge on any atom is 0.251 e. The van der Waals surface area contributed by atoms with E-state index in [0.717, 1.165) is 30.9 Å². The second-order valence-corrected chi connectivity index (χ2v) is 9.24. The van der Waals surface area contributed by atoms with E-state index in [1.54, 1.807) is 12.1 Å². The van der Waals surface area contributed by atoms with Crippen LogP contribution in [0.25, 0.3) is 0 Å². The predicted octanol–water partition coefficient (Wildman–Crippen LogP) is 4.23. The number of hydrogen-bond acceptors (Lipinski definition) is 4. The Morgan fingerprint density at radius 3 is 2.79 bits per heavy atom. The molecule has 0 aromatic heterocycles. The summed E-state index contributed by atoms with van der Waals surface area (Å²) in [7, 11) is 3.96. The van der Waals surface area contributed by atoms with E-state index in [0.29, 0.717) is 23.7 Å². The molecule has 1 aliphatic heterocycles. The Hall–Kier alpha value is -1.14. The van der Waals surface area contributed by atoms with Crippen LogP contribution in [0.1, 0.15) is 55.3 Å². The molecule has 4 nitrogen and oxygen atoms in total. The maximum atomic E-state index is 12.1. The minimum atomic E-state index is -0.0551. The molecule has 0 bridgehead atoms. The van der Waals surface area contributed by atoms with E-state index in [2.05, 4.69) is 10.6 Å². The van der Waals surface area contributed by atoms with Gasteiger partial charge in [-0.1, -0.05) is 34.1 Å². The molecule has 1 saturated heterocycles. The first-order valence-corrected chi connectivity index (χ1v) is 11.1. The monoisotopic (exact) mass is 364 g/mol. The summed E-state index contributed by atoms with van der Waals surface area (Å²) in [4.78, 5) is 24.1. The highest BCUT2D eigenvalue weighted by atomic mass is 33.1. The minimum Gasteiger partial charge on any atom is -0.349 e. The average molecular weight is 365 g/mol. The van der Waals surface area contributed by atoms with Crippen molar-refractivity contribution in [3.05, 3.63) is 29.8 Å². The van der Waals surface area contributed by atoms with Gasteiger partial charge in [0.25, 0.3) is 5.91 Å². The summed E-state index contributed by atoms with van der Waals surface area (Å²) in [5.41, 5.74) is 1.31. The van der Waals surface area contributed by atoms with E-state index in [-0.39, 0.29) is 11.8 Å². The van der Waals surface area contributed by atoms with Crippen molar-refractivity contribution in [3.63, 3.8) is 0 Å². The highest BCUT2D eigenvalue weighted by Gasteiger charge is 2.23. The Balaban J connectivity index is 1.39. The number of rotatable bonds is 8. The van der Waals surface area contributed by atoms with E-state index < -0.39 is 0 Å². The van der Waals surface area contributed by atoms with Crippen molar-refractivity contribution >= 4 is 39.1 Å². The van der Waals surface area contributed by atoms with Gasteiger partial charge in [-0.25, -0.2) is 0 Å². The second kappa shape index (κ2) is 8.81. The first kappa shape index (κ1) is 17.7. The molecule has 2 aliphatic rings. The lowest BCUT2D eigenvalue weighted by molar-refractivity contribution is -0.116. The first-order valence-electron chi connectivity index (χ1n) is 8.70. The lowest BCUT2D eigenvalue weighted by Gasteiger charge is -2.09. The van der Waals surface area contributed by atoms with Gasteiger partial charge in [-0.15, -0.1) is 0 Å². The molecule has 1 atom stereocenters. The molecule has 1 aliphatic carbocycles. The Labute approximate surface area is 151 Å². The van der Waals surface area contributed by atoms with Gasteiger partial charge in [-0.3, -0.25) is 9.59 Å². The highest BCUT2D eigenvalue weighted by Crippen LogP contribution is 2.39. The van der Waals surface area contributed by atoms with E-state index in [4.69, 9.17) is 0 Å². The molecule has 6 heteroatoms. The van der Waals surface area contributed by atoms with Crippen molar-refractivity contribution in [1.29, 1.82) is 0 Å². The fourth-order valence-corrected chi connectivity index (χ4v) is 5.71. The molecule has 1 heterocycles. The summed E-state index contributed by atoms with van der Waals surface area (Å²) in [6.45, 7) is 0. The second-order valence-electron chi connectivity index (χ2n) is 6.45. The Morgan fingerprint density at radius 2 is 2.04 bits per heavy atom. The molecule has 24 heavy (non-hydrogen) atoms. The lowest BCUT2D eigenvalue weighted by Crippen LogP contribution is -2.25. The van der Waals surface area contributed by atoms with Crippen molar-refractivity contribution in [2.75, 3.05) is 11.1 Å². The molecule has 2 N–H and O–H groups in total. The Bertz CT molecular complexity index is 584. The van der Waals surface area contributed by atoms with Gasteiger partial charge < -0.3 is 10.6 Å². The lowest BCUT2D eigenvalue weighted by atomic mass is 10.1. The number of carbonyl (C=O) groups excluding carboxylic acids is 2. The van der Waals surface area contributed by atoms with Gasteiger partial charge in [-0.05, 0) is 50.3 Å². The molecule has 1 unspecified atom stereocenters. The molecular weight excluding hydrogens is 340 g/mol. The first-order chi connectivity index (χ1) is 11.7. The summed E-state index contributed by atoms with van der Waals surface area (Å²) in [6.07, 6.45) is 7.23. The molecular formula is C18H24N2O2S2. The third-order valence-electron chi connectivity index (χ3n) is 4.23. The van der Waals surface area contributed by atoms with Crippen LogP contribution in [0.3, 0.4) is 0 Å². The van der Waals surface area contributed by atoms with Gasteiger partial charge in [0, 0.05) is 34.7 Å². The van der Waals surface area contributed by atoms with Gasteiger partial charge in [0.15, 0.2) is 0 Å². The third kappa shape index (κ3) is 5.74. The molecule has 1 saturated carbocycles. The zero-order chi connectivity index (χ0) is 16.8. The van der Waals surface area contributed by atoms with Crippen LogP contribution in [0.5, 0.6) is 0 Å². The molecule has 3 rings (SSSR count). The van der Waals surface area contributed by atoms with Gasteiger partial charge in [0.2, 0.25) is 5.91 Å². The molecule has 1 aromatic carbocycles. The zero-order valence-corrected chi connectivity index (χ0v) is 15.4. The third-order valence-corrected chi connectivity index (χ3v) is 7.24. The fourth-order valence-electron chi connectivity index (χ4n) is 2.68. The van der Waals surface area contributed by atoms with Crippen LogP contribution < -0.4 is 10.6 Å². The van der Waals surface area contributed by atoms with Crippen molar-refractivity contribution < 1.29 is 9.59 Å². The standard InChI is InChI=1S/C18H24N2O2S2/c21-17(7-2-1-6-16-10-11-23-24-16)19-15-5-3-4-13(12-15)18(22)20-14-8-9-14/h3-5,12,14,16H,1-2,6-11H2,(H,19,21)(H,20,22). The van der Waals surface area contributed by atoms with Gasteiger partial charge >= 0.3 is 0 Å². The number of unbranched alkanes of at least 4 members (excludes halogenated alkanes) is 1. The number of amides is 2. The Morgan fingerprint density at radius 1 is 1.17 bits per heavy atom. The summed E-state index contributed by atoms with van der Waals surface area (Å²) >= 11 is 0. The maximum absolute atomic E-state index is 12.1. The van der Waals surface area contributed by atoms with Crippen molar-refractivity contribution in [2.45, 2.75) is 56.2 Å². The number of benzene rings is 1.